The Hall–Kier alpha value is -4.20. The van der Waals surface area contributed by atoms with E-state index in [4.69, 9.17) is 5.73 Å². The van der Waals surface area contributed by atoms with E-state index in [1.165, 1.54) is 23.1 Å². The zero-order chi connectivity index (χ0) is 23.3. The zero-order valence-corrected chi connectivity index (χ0v) is 17.9. The Morgan fingerprint density at radius 2 is 1.61 bits per heavy atom. The second kappa shape index (κ2) is 9.52. The SMILES string of the molecule is NC1=NC(c2ccccc2)(c2ccccc2)C(=O)N1CCCNC(=O)Nc1cccc(F)c1. The first-order chi connectivity index (χ1) is 16.0. The van der Waals surface area contributed by atoms with Crippen molar-refractivity contribution in [3.8, 4) is 0 Å². The number of benzene rings is 3. The maximum atomic E-state index is 13.6. The lowest BCUT2D eigenvalue weighted by Gasteiger charge is -2.27. The number of rotatable bonds is 7. The third-order valence-electron chi connectivity index (χ3n) is 5.42. The second-order valence-electron chi connectivity index (χ2n) is 7.61. The Morgan fingerprint density at radius 1 is 0.970 bits per heavy atom. The number of anilines is 1. The number of nitrogens with zero attached hydrogens (tertiary/aromatic N) is 2. The molecule has 3 aromatic rings. The Balaban J connectivity index is 1.42. The predicted octanol–water partition coefficient (Wildman–Crippen LogP) is 3.44. The molecule has 3 aromatic carbocycles. The van der Waals surface area contributed by atoms with E-state index < -0.39 is 17.4 Å². The monoisotopic (exact) mass is 445 g/mol. The zero-order valence-electron chi connectivity index (χ0n) is 17.9. The molecule has 0 aromatic heterocycles. The van der Waals surface area contributed by atoms with Gasteiger partial charge in [0, 0.05) is 18.8 Å². The molecule has 168 valence electrons. The minimum Gasteiger partial charge on any atom is -0.369 e. The standard InChI is InChI=1S/C25H24FN5O2/c26-20-13-7-14-21(17-20)29-24(33)28-15-8-16-31-22(32)25(30-23(31)27,18-9-3-1-4-10-18)19-11-5-2-6-12-19/h1-7,9-14,17H,8,15-16H2,(H2,27,30)(H2,28,29,33). The van der Waals surface area contributed by atoms with Crippen molar-refractivity contribution in [1.82, 2.24) is 10.2 Å². The highest BCUT2D eigenvalue weighted by Crippen LogP contribution is 2.39. The van der Waals surface area contributed by atoms with E-state index in [1.54, 1.807) is 6.07 Å². The highest BCUT2D eigenvalue weighted by atomic mass is 19.1. The summed E-state index contributed by atoms with van der Waals surface area (Å²) >= 11 is 0. The Bertz CT molecular complexity index is 1130. The lowest BCUT2D eigenvalue weighted by molar-refractivity contribution is -0.130. The summed E-state index contributed by atoms with van der Waals surface area (Å²) in [6.07, 6.45) is 0.457. The number of carbonyl (C=O) groups excluding carboxylic acids is 2. The smallest absolute Gasteiger partial charge is 0.319 e. The second-order valence-corrected chi connectivity index (χ2v) is 7.61. The maximum absolute atomic E-state index is 13.6. The number of urea groups is 1. The van der Waals surface area contributed by atoms with Crippen LogP contribution in [0, 0.1) is 5.82 Å². The number of guanidine groups is 1. The first-order valence-electron chi connectivity index (χ1n) is 10.6. The van der Waals surface area contributed by atoms with Gasteiger partial charge in [-0.2, -0.15) is 0 Å². The van der Waals surface area contributed by atoms with Crippen LogP contribution in [0.15, 0.2) is 89.9 Å². The van der Waals surface area contributed by atoms with Crippen molar-refractivity contribution in [2.45, 2.75) is 12.0 Å². The van der Waals surface area contributed by atoms with Gasteiger partial charge in [-0.1, -0.05) is 66.7 Å². The van der Waals surface area contributed by atoms with Crippen LogP contribution in [0.4, 0.5) is 14.9 Å². The van der Waals surface area contributed by atoms with Gasteiger partial charge in [0.05, 0.1) is 0 Å². The van der Waals surface area contributed by atoms with Crippen molar-refractivity contribution >= 4 is 23.6 Å². The quantitative estimate of drug-likeness (QED) is 0.486. The molecular weight excluding hydrogens is 421 g/mol. The number of halogens is 1. The molecule has 0 unspecified atom stereocenters. The fourth-order valence-electron chi connectivity index (χ4n) is 3.88. The fraction of sp³-hybridized carbons (Fsp3) is 0.160. The van der Waals surface area contributed by atoms with E-state index in [2.05, 4.69) is 15.6 Å². The summed E-state index contributed by atoms with van der Waals surface area (Å²) < 4.78 is 13.2. The lowest BCUT2D eigenvalue weighted by atomic mass is 9.83. The molecule has 7 nitrogen and oxygen atoms in total. The van der Waals surface area contributed by atoms with E-state index in [9.17, 15) is 14.0 Å². The van der Waals surface area contributed by atoms with Crippen molar-refractivity contribution in [2.75, 3.05) is 18.4 Å². The number of hydrogen-bond donors (Lipinski definition) is 3. The molecule has 0 fully saturated rings. The number of amides is 3. The van der Waals surface area contributed by atoms with E-state index in [-0.39, 0.29) is 18.4 Å². The molecule has 0 saturated carbocycles. The average Bonchev–Trinajstić information content (AvgIpc) is 3.08. The van der Waals surface area contributed by atoms with Crippen LogP contribution >= 0.6 is 0 Å². The van der Waals surface area contributed by atoms with E-state index in [1.807, 2.05) is 60.7 Å². The molecule has 0 spiro atoms. The molecule has 4 rings (SSSR count). The molecule has 8 heteroatoms. The van der Waals surface area contributed by atoms with Crippen LogP contribution in [-0.4, -0.2) is 35.9 Å². The molecule has 33 heavy (non-hydrogen) atoms. The average molecular weight is 445 g/mol. The fourth-order valence-corrected chi connectivity index (χ4v) is 3.88. The van der Waals surface area contributed by atoms with Crippen LogP contribution in [0.3, 0.4) is 0 Å². The van der Waals surface area contributed by atoms with Gasteiger partial charge in [-0.05, 0) is 35.7 Å². The first-order valence-corrected chi connectivity index (χ1v) is 10.6. The van der Waals surface area contributed by atoms with E-state index >= 15 is 0 Å². The van der Waals surface area contributed by atoms with Crippen LogP contribution in [0.25, 0.3) is 0 Å². The third kappa shape index (κ3) is 4.55. The van der Waals surface area contributed by atoms with Gasteiger partial charge in [0.25, 0.3) is 5.91 Å². The van der Waals surface area contributed by atoms with Crippen LogP contribution in [-0.2, 0) is 10.3 Å². The molecule has 0 aliphatic carbocycles. The summed E-state index contributed by atoms with van der Waals surface area (Å²) in [6.45, 7) is 0.581. The molecule has 0 atom stereocenters. The Morgan fingerprint density at radius 3 is 2.21 bits per heavy atom. The van der Waals surface area contributed by atoms with Gasteiger partial charge in [-0.25, -0.2) is 14.2 Å². The highest BCUT2D eigenvalue weighted by molar-refractivity contribution is 6.09. The van der Waals surface area contributed by atoms with Gasteiger partial charge in [0.15, 0.2) is 11.5 Å². The number of aliphatic imine (C=N–C) groups is 1. The van der Waals surface area contributed by atoms with Gasteiger partial charge >= 0.3 is 6.03 Å². The number of nitrogens with two attached hydrogens (primary N) is 1. The molecule has 4 N–H and O–H groups in total. The van der Waals surface area contributed by atoms with Crippen LogP contribution in [0.1, 0.15) is 17.5 Å². The molecule has 0 radical (unpaired) electrons. The summed E-state index contributed by atoms with van der Waals surface area (Å²) in [5.41, 5.74) is 6.78. The number of nitrogens with one attached hydrogen (secondary N) is 2. The Labute approximate surface area is 191 Å². The van der Waals surface area contributed by atoms with Crippen LogP contribution in [0.2, 0.25) is 0 Å². The molecule has 1 aliphatic heterocycles. The summed E-state index contributed by atoms with van der Waals surface area (Å²) in [4.78, 5) is 31.8. The number of carbonyl (C=O) groups is 2. The van der Waals surface area contributed by atoms with Gasteiger partial charge < -0.3 is 16.4 Å². The third-order valence-corrected chi connectivity index (χ3v) is 5.42. The minimum absolute atomic E-state index is 0.136. The molecule has 0 saturated heterocycles. The van der Waals surface area contributed by atoms with Gasteiger partial charge in [-0.15, -0.1) is 0 Å². The molecule has 1 aliphatic rings. The van der Waals surface area contributed by atoms with Gasteiger partial charge in [0.1, 0.15) is 5.82 Å². The summed E-state index contributed by atoms with van der Waals surface area (Å²) in [6, 6.07) is 23.8. The molecule has 0 bridgehead atoms. The molecular formula is C25H24FN5O2. The maximum Gasteiger partial charge on any atom is 0.319 e. The topological polar surface area (TPSA) is 99.8 Å². The van der Waals surface area contributed by atoms with Crippen LogP contribution in [0.5, 0.6) is 0 Å². The van der Waals surface area contributed by atoms with Crippen molar-refractivity contribution in [3.63, 3.8) is 0 Å². The summed E-state index contributed by atoms with van der Waals surface area (Å²) in [5, 5.41) is 5.26. The lowest BCUT2D eigenvalue weighted by Crippen LogP contribution is -2.44. The van der Waals surface area contributed by atoms with Crippen molar-refractivity contribution < 1.29 is 14.0 Å². The van der Waals surface area contributed by atoms with Crippen molar-refractivity contribution in [1.29, 1.82) is 0 Å². The van der Waals surface area contributed by atoms with E-state index in [0.29, 0.717) is 18.7 Å². The van der Waals surface area contributed by atoms with Crippen LogP contribution < -0.4 is 16.4 Å². The Kier molecular flexibility index (Phi) is 6.35. The van der Waals surface area contributed by atoms with Gasteiger partial charge in [-0.3, -0.25) is 9.69 Å². The number of hydrogen-bond acceptors (Lipinski definition) is 4. The largest absolute Gasteiger partial charge is 0.369 e. The van der Waals surface area contributed by atoms with Crippen molar-refractivity contribution in [3.05, 3.63) is 102 Å². The van der Waals surface area contributed by atoms with Crippen molar-refractivity contribution in [2.24, 2.45) is 10.7 Å². The highest BCUT2D eigenvalue weighted by Gasteiger charge is 2.50. The normalized spacial score (nSPS) is 14.6. The van der Waals surface area contributed by atoms with E-state index in [0.717, 1.165) is 11.1 Å². The molecule has 1 heterocycles. The molecule has 3 amide bonds. The first kappa shape index (κ1) is 22.0. The minimum atomic E-state index is -1.24. The van der Waals surface area contributed by atoms with Gasteiger partial charge in [0.2, 0.25) is 0 Å². The summed E-state index contributed by atoms with van der Waals surface area (Å²) in [7, 11) is 0. The summed E-state index contributed by atoms with van der Waals surface area (Å²) in [5.74, 6) is -0.533. The predicted molar refractivity (Wildman–Crippen MR) is 125 cm³/mol.